The van der Waals surface area contributed by atoms with Gasteiger partial charge in [-0.15, -0.1) is 0 Å². The number of rotatable bonds is 4. The molecule has 0 spiro atoms. The molecular weight excluding hydrogens is 430 g/mol. The Morgan fingerprint density at radius 2 is 1.73 bits per heavy atom. The van der Waals surface area contributed by atoms with E-state index in [0.717, 1.165) is 25.2 Å². The van der Waals surface area contributed by atoms with Gasteiger partial charge in [-0.05, 0) is 43.4 Å². The van der Waals surface area contributed by atoms with Crippen molar-refractivity contribution in [3.8, 4) is 0 Å². The molecule has 0 unspecified atom stereocenters. The van der Waals surface area contributed by atoms with E-state index < -0.39 is 17.2 Å². The Morgan fingerprint density at radius 1 is 1.06 bits per heavy atom. The summed E-state index contributed by atoms with van der Waals surface area (Å²) in [6.07, 6.45) is 1.30. The zero-order chi connectivity index (χ0) is 23.5. The number of aromatic nitrogens is 1. The molecule has 10 heteroatoms. The molecule has 170 valence electrons. The average molecular weight is 452 g/mol. The number of nitrogens with one attached hydrogen (secondary N) is 1. The molecule has 0 atom stereocenters. The topological polar surface area (TPSA) is 107 Å². The Balaban J connectivity index is 1.53. The minimum absolute atomic E-state index is 0.0331. The number of amides is 1. The standard InChI is InChI=1S/C23H22F2N6O2/c1-30-6-8-31(9-7-30)23(33)14-2-4-16(5-3-14)27-13-21(29-26)17-10-15-11-18(24)19(25)12-20(15)28-22(17)32/h2-5,10-13H,6-9,26H2,1H3,(H,28,32). The van der Waals surface area contributed by atoms with Crippen LogP contribution in [-0.2, 0) is 0 Å². The van der Waals surface area contributed by atoms with Crippen molar-refractivity contribution in [3.63, 3.8) is 0 Å². The summed E-state index contributed by atoms with van der Waals surface area (Å²) in [7, 11) is 2.03. The lowest BCUT2D eigenvalue weighted by Crippen LogP contribution is -2.47. The highest BCUT2D eigenvalue weighted by Crippen LogP contribution is 2.18. The Morgan fingerprint density at radius 3 is 2.39 bits per heavy atom. The number of nitrogens with zero attached hydrogens (tertiary/aromatic N) is 4. The second-order valence-electron chi connectivity index (χ2n) is 7.78. The molecule has 1 aliphatic heterocycles. The zero-order valence-electron chi connectivity index (χ0n) is 17.9. The van der Waals surface area contributed by atoms with Crippen LogP contribution in [0.4, 0.5) is 14.5 Å². The van der Waals surface area contributed by atoms with E-state index in [-0.39, 0.29) is 28.1 Å². The first-order valence-corrected chi connectivity index (χ1v) is 10.3. The molecular formula is C23H22F2N6O2. The molecule has 0 saturated carbocycles. The second-order valence-corrected chi connectivity index (χ2v) is 7.78. The molecule has 1 aromatic heterocycles. The summed E-state index contributed by atoms with van der Waals surface area (Å²) in [5.41, 5.74) is 0.777. The lowest BCUT2D eigenvalue weighted by molar-refractivity contribution is 0.0664. The molecule has 0 radical (unpaired) electrons. The summed E-state index contributed by atoms with van der Waals surface area (Å²) < 4.78 is 27.0. The maximum absolute atomic E-state index is 13.6. The predicted molar refractivity (Wildman–Crippen MR) is 123 cm³/mol. The number of carbonyl (C=O) groups is 1. The minimum atomic E-state index is -1.06. The number of nitrogens with two attached hydrogens (primary N) is 1. The molecule has 2 heterocycles. The number of piperazine rings is 1. The maximum Gasteiger partial charge on any atom is 0.258 e. The molecule has 3 aromatic rings. The average Bonchev–Trinajstić information content (AvgIpc) is 2.81. The number of H-pyrrole nitrogens is 1. The lowest BCUT2D eigenvalue weighted by Gasteiger charge is -2.32. The van der Waals surface area contributed by atoms with Gasteiger partial charge < -0.3 is 20.6 Å². The van der Waals surface area contributed by atoms with Gasteiger partial charge in [-0.3, -0.25) is 14.6 Å². The highest BCUT2D eigenvalue weighted by molar-refractivity contribution is 6.38. The summed E-state index contributed by atoms with van der Waals surface area (Å²) in [6, 6.07) is 9.98. The number of hydrogen-bond acceptors (Lipinski definition) is 6. The number of hydrogen-bond donors (Lipinski definition) is 2. The van der Waals surface area contributed by atoms with E-state index in [2.05, 4.69) is 20.0 Å². The van der Waals surface area contributed by atoms with E-state index in [1.807, 2.05) is 11.9 Å². The van der Waals surface area contributed by atoms with Crippen LogP contribution in [0.3, 0.4) is 0 Å². The molecule has 4 rings (SSSR count). The molecule has 1 amide bonds. The Kier molecular flexibility index (Phi) is 6.27. The van der Waals surface area contributed by atoms with Crippen molar-refractivity contribution in [2.75, 3.05) is 33.2 Å². The van der Waals surface area contributed by atoms with Crippen LogP contribution in [0.15, 0.2) is 57.4 Å². The maximum atomic E-state index is 13.6. The second kappa shape index (κ2) is 9.29. The van der Waals surface area contributed by atoms with Gasteiger partial charge in [0.2, 0.25) is 0 Å². The molecule has 3 N–H and O–H groups in total. The van der Waals surface area contributed by atoms with Gasteiger partial charge in [-0.25, -0.2) is 8.78 Å². The highest BCUT2D eigenvalue weighted by Gasteiger charge is 2.20. The van der Waals surface area contributed by atoms with Gasteiger partial charge in [0, 0.05) is 43.2 Å². The predicted octanol–water partition coefficient (Wildman–Crippen LogP) is 2.26. The number of hydrazone groups is 1. The highest BCUT2D eigenvalue weighted by atomic mass is 19.2. The Bertz CT molecular complexity index is 1310. The van der Waals surface area contributed by atoms with Gasteiger partial charge in [-0.1, -0.05) is 0 Å². The van der Waals surface area contributed by atoms with Gasteiger partial charge in [0.15, 0.2) is 11.6 Å². The molecule has 0 bridgehead atoms. The van der Waals surface area contributed by atoms with E-state index in [1.54, 1.807) is 24.3 Å². The monoisotopic (exact) mass is 452 g/mol. The Labute approximate surface area is 188 Å². The van der Waals surface area contributed by atoms with E-state index in [9.17, 15) is 18.4 Å². The van der Waals surface area contributed by atoms with E-state index >= 15 is 0 Å². The van der Waals surface area contributed by atoms with E-state index in [0.29, 0.717) is 24.3 Å². The minimum Gasteiger partial charge on any atom is -0.336 e. The van der Waals surface area contributed by atoms with Crippen molar-refractivity contribution in [1.29, 1.82) is 0 Å². The van der Waals surface area contributed by atoms with Gasteiger partial charge in [-0.2, -0.15) is 5.10 Å². The van der Waals surface area contributed by atoms with Crippen molar-refractivity contribution in [2.24, 2.45) is 15.9 Å². The first-order valence-electron chi connectivity index (χ1n) is 10.3. The fraction of sp³-hybridized carbons (Fsp3) is 0.217. The van der Waals surface area contributed by atoms with Gasteiger partial charge >= 0.3 is 0 Å². The molecule has 8 nitrogen and oxygen atoms in total. The number of pyridine rings is 1. The molecule has 1 aliphatic rings. The largest absolute Gasteiger partial charge is 0.336 e. The van der Waals surface area contributed by atoms with Crippen LogP contribution in [0, 0.1) is 11.6 Å². The number of benzene rings is 2. The SMILES string of the molecule is CN1CCN(C(=O)c2ccc(N=CC(=NN)c3cc4cc(F)c(F)cc4[nH]c3=O)cc2)CC1. The van der Waals surface area contributed by atoms with Crippen molar-refractivity contribution < 1.29 is 13.6 Å². The van der Waals surface area contributed by atoms with E-state index in [4.69, 9.17) is 5.84 Å². The molecule has 33 heavy (non-hydrogen) atoms. The molecule has 1 fully saturated rings. The van der Waals surface area contributed by atoms with Crippen molar-refractivity contribution in [2.45, 2.75) is 0 Å². The smallest absolute Gasteiger partial charge is 0.258 e. The van der Waals surface area contributed by atoms with Crippen molar-refractivity contribution >= 4 is 34.4 Å². The summed E-state index contributed by atoms with van der Waals surface area (Å²) in [4.78, 5) is 35.8. The molecule has 1 saturated heterocycles. The van der Waals surface area contributed by atoms with Crippen LogP contribution in [0.25, 0.3) is 10.9 Å². The van der Waals surface area contributed by atoms with Crippen molar-refractivity contribution in [1.82, 2.24) is 14.8 Å². The summed E-state index contributed by atoms with van der Waals surface area (Å²) in [5, 5.41) is 3.89. The Hall–Kier alpha value is -3.92. The zero-order valence-corrected chi connectivity index (χ0v) is 17.9. The first kappa shape index (κ1) is 22.3. The first-order chi connectivity index (χ1) is 15.9. The van der Waals surface area contributed by atoms with Crippen LogP contribution in [-0.4, -0.2) is 65.8 Å². The van der Waals surface area contributed by atoms with E-state index in [1.165, 1.54) is 12.3 Å². The van der Waals surface area contributed by atoms with Crippen LogP contribution in [0.5, 0.6) is 0 Å². The third-order valence-corrected chi connectivity index (χ3v) is 5.54. The fourth-order valence-electron chi connectivity index (χ4n) is 3.58. The number of aliphatic imine (C=N–C) groups is 1. The number of halogens is 2. The number of aromatic amines is 1. The van der Waals surface area contributed by atoms with Crippen LogP contribution < -0.4 is 11.4 Å². The summed E-state index contributed by atoms with van der Waals surface area (Å²) in [6.45, 7) is 3.04. The normalized spacial score (nSPS) is 15.5. The van der Waals surface area contributed by atoms with Gasteiger partial charge in [0.05, 0.1) is 23.0 Å². The summed E-state index contributed by atoms with van der Waals surface area (Å²) >= 11 is 0. The number of likely N-dealkylation sites (N-methyl/N-ethyl adjacent to an activating group) is 1. The quantitative estimate of drug-likeness (QED) is 0.360. The fourth-order valence-corrected chi connectivity index (χ4v) is 3.58. The van der Waals surface area contributed by atoms with Crippen molar-refractivity contribution in [3.05, 3.63) is 75.6 Å². The number of fused-ring (bicyclic) bond motifs is 1. The van der Waals surface area contributed by atoms with Gasteiger partial charge in [0.25, 0.3) is 11.5 Å². The molecule has 0 aliphatic carbocycles. The third kappa shape index (κ3) is 4.80. The summed E-state index contributed by atoms with van der Waals surface area (Å²) in [5.74, 6) is 3.32. The number of carbonyl (C=O) groups excluding carboxylic acids is 1. The van der Waals surface area contributed by atoms with Crippen LogP contribution in [0.2, 0.25) is 0 Å². The third-order valence-electron chi connectivity index (χ3n) is 5.54. The lowest BCUT2D eigenvalue weighted by atomic mass is 10.1. The molecule has 2 aromatic carbocycles. The van der Waals surface area contributed by atoms with Crippen LogP contribution in [0.1, 0.15) is 15.9 Å². The van der Waals surface area contributed by atoms with Crippen LogP contribution >= 0.6 is 0 Å². The van der Waals surface area contributed by atoms with Gasteiger partial charge in [0.1, 0.15) is 5.71 Å².